The molecule has 4 nitrogen and oxygen atoms in total. The van der Waals surface area contributed by atoms with Gasteiger partial charge in [-0.1, -0.05) is 32.9 Å². The molecule has 0 spiro atoms. The van der Waals surface area contributed by atoms with Crippen LogP contribution in [0.5, 0.6) is 0 Å². The summed E-state index contributed by atoms with van der Waals surface area (Å²) >= 11 is 0. The fourth-order valence-corrected chi connectivity index (χ4v) is 3.43. The summed E-state index contributed by atoms with van der Waals surface area (Å²) < 4.78 is 6.23. The zero-order valence-corrected chi connectivity index (χ0v) is 16.3. The number of rotatable bonds is 10. The predicted molar refractivity (Wildman–Crippen MR) is 96.0 cm³/mol. The molecule has 1 fully saturated rings. The summed E-state index contributed by atoms with van der Waals surface area (Å²) in [4.78, 5) is 10.4. The van der Waals surface area contributed by atoms with Crippen LogP contribution in [0.2, 0.25) is 18.1 Å². The van der Waals surface area contributed by atoms with E-state index in [1.807, 2.05) is 12.2 Å². The average Bonchev–Trinajstić information content (AvgIpc) is 3.18. The maximum Gasteiger partial charge on any atom is 0.303 e. The Kier molecular flexibility index (Phi) is 7.49. The van der Waals surface area contributed by atoms with Gasteiger partial charge in [-0.25, -0.2) is 0 Å². The van der Waals surface area contributed by atoms with Crippen molar-refractivity contribution in [2.45, 2.75) is 77.1 Å². The molecule has 0 bridgehead atoms. The third-order valence-electron chi connectivity index (χ3n) is 5.24. The standard InChI is InChI=1S/C18H34O4Si/c1-18(2,3)23(4,5)22-13-14-12-15(14)16(19)10-8-6-7-9-11-17(20)21/h6,8,14-16,19H,7,9-13H2,1-5H3,(H,20,21)/b8-6-/t14-,15+,16-/m0/s1. The molecule has 1 aliphatic carbocycles. The van der Waals surface area contributed by atoms with Crippen molar-refractivity contribution in [3.05, 3.63) is 12.2 Å². The molecule has 1 aliphatic rings. The average molecular weight is 343 g/mol. The molecule has 5 heteroatoms. The Morgan fingerprint density at radius 2 is 2.00 bits per heavy atom. The maximum atomic E-state index is 10.4. The Balaban J connectivity index is 2.20. The molecule has 0 unspecified atom stereocenters. The van der Waals surface area contributed by atoms with Crippen LogP contribution in [-0.2, 0) is 9.22 Å². The number of carboxylic acid groups (broad SMARTS) is 1. The Bertz CT molecular complexity index is 412. The first-order valence-corrected chi connectivity index (χ1v) is 11.6. The molecule has 0 aromatic heterocycles. The molecule has 0 aliphatic heterocycles. The van der Waals surface area contributed by atoms with Gasteiger partial charge in [-0.15, -0.1) is 0 Å². The van der Waals surface area contributed by atoms with E-state index in [-0.39, 0.29) is 17.6 Å². The lowest BCUT2D eigenvalue weighted by Gasteiger charge is -2.36. The molecule has 3 atom stereocenters. The fourth-order valence-electron chi connectivity index (χ4n) is 2.37. The molecular formula is C18H34O4Si. The molecule has 1 saturated carbocycles. The largest absolute Gasteiger partial charge is 0.481 e. The normalized spacial score (nSPS) is 23.2. The van der Waals surface area contributed by atoms with Crippen molar-refractivity contribution in [3.63, 3.8) is 0 Å². The van der Waals surface area contributed by atoms with E-state index in [0.29, 0.717) is 24.7 Å². The number of unbranched alkanes of at least 4 members (excludes halogenated alkanes) is 1. The minimum atomic E-state index is -1.69. The van der Waals surface area contributed by atoms with Gasteiger partial charge in [0.1, 0.15) is 0 Å². The van der Waals surface area contributed by atoms with Gasteiger partial charge >= 0.3 is 5.97 Å². The lowest BCUT2D eigenvalue weighted by molar-refractivity contribution is -0.137. The number of carboxylic acids is 1. The lowest BCUT2D eigenvalue weighted by Crippen LogP contribution is -2.41. The number of allylic oxidation sites excluding steroid dienone is 1. The van der Waals surface area contributed by atoms with Gasteiger partial charge in [0.15, 0.2) is 8.32 Å². The van der Waals surface area contributed by atoms with Gasteiger partial charge in [-0.05, 0) is 55.7 Å². The van der Waals surface area contributed by atoms with E-state index in [1.165, 1.54) is 0 Å². The molecular weight excluding hydrogens is 308 g/mol. The van der Waals surface area contributed by atoms with Gasteiger partial charge in [0.05, 0.1) is 6.10 Å². The van der Waals surface area contributed by atoms with Crippen molar-refractivity contribution in [1.82, 2.24) is 0 Å². The van der Waals surface area contributed by atoms with Crippen LogP contribution in [0.25, 0.3) is 0 Å². The summed E-state index contributed by atoms with van der Waals surface area (Å²) in [5.41, 5.74) is 0. The van der Waals surface area contributed by atoms with E-state index >= 15 is 0 Å². The topological polar surface area (TPSA) is 66.8 Å². The molecule has 0 saturated heterocycles. The van der Waals surface area contributed by atoms with E-state index in [2.05, 4.69) is 33.9 Å². The second-order valence-electron chi connectivity index (χ2n) is 8.29. The van der Waals surface area contributed by atoms with Gasteiger partial charge < -0.3 is 14.6 Å². The van der Waals surface area contributed by atoms with Gasteiger partial charge in [0.2, 0.25) is 0 Å². The SMILES string of the molecule is CC(C)(C)[Si](C)(C)OC[C@@H]1C[C@H]1[C@@H](O)C/C=C\CCCC(=O)O. The molecule has 23 heavy (non-hydrogen) atoms. The number of carbonyl (C=O) groups is 1. The van der Waals surface area contributed by atoms with Crippen molar-refractivity contribution in [2.24, 2.45) is 11.8 Å². The van der Waals surface area contributed by atoms with Crippen molar-refractivity contribution in [1.29, 1.82) is 0 Å². The first-order valence-electron chi connectivity index (χ1n) is 8.73. The monoisotopic (exact) mass is 342 g/mol. The summed E-state index contributed by atoms with van der Waals surface area (Å²) in [6, 6.07) is 0. The predicted octanol–water partition coefficient (Wildman–Crippen LogP) is 4.21. The number of aliphatic carboxylic acids is 1. The first kappa shape index (κ1) is 20.4. The van der Waals surface area contributed by atoms with Crippen molar-refractivity contribution in [2.75, 3.05) is 6.61 Å². The number of hydrogen-bond donors (Lipinski definition) is 2. The molecule has 0 heterocycles. The van der Waals surface area contributed by atoms with Crippen LogP contribution in [0.15, 0.2) is 12.2 Å². The molecule has 1 rings (SSSR count). The van der Waals surface area contributed by atoms with E-state index in [1.54, 1.807) is 0 Å². The molecule has 0 aromatic rings. The van der Waals surface area contributed by atoms with Crippen LogP contribution in [0, 0.1) is 11.8 Å². The van der Waals surface area contributed by atoms with Gasteiger partial charge in [-0.2, -0.15) is 0 Å². The summed E-state index contributed by atoms with van der Waals surface area (Å²) in [7, 11) is -1.69. The van der Waals surface area contributed by atoms with Crippen molar-refractivity contribution >= 4 is 14.3 Å². The summed E-state index contributed by atoms with van der Waals surface area (Å²) in [5, 5.41) is 19.0. The third kappa shape index (κ3) is 7.19. The van der Waals surface area contributed by atoms with Crippen LogP contribution in [0.4, 0.5) is 0 Å². The highest BCUT2D eigenvalue weighted by Crippen LogP contribution is 2.44. The zero-order valence-electron chi connectivity index (χ0n) is 15.3. The van der Waals surface area contributed by atoms with E-state index in [4.69, 9.17) is 9.53 Å². The van der Waals surface area contributed by atoms with Crippen LogP contribution >= 0.6 is 0 Å². The van der Waals surface area contributed by atoms with E-state index in [9.17, 15) is 9.90 Å². The van der Waals surface area contributed by atoms with Gasteiger partial charge in [-0.3, -0.25) is 4.79 Å². The highest BCUT2D eigenvalue weighted by Gasteiger charge is 2.44. The number of aliphatic hydroxyl groups excluding tert-OH is 1. The van der Waals surface area contributed by atoms with E-state index in [0.717, 1.165) is 19.4 Å². The third-order valence-corrected chi connectivity index (χ3v) is 9.74. The fraction of sp³-hybridized carbons (Fsp3) is 0.833. The minimum absolute atomic E-state index is 0.211. The molecule has 134 valence electrons. The second-order valence-corrected chi connectivity index (χ2v) is 13.1. The van der Waals surface area contributed by atoms with Gasteiger partial charge in [0.25, 0.3) is 0 Å². The Labute approximate surface area is 142 Å². The van der Waals surface area contributed by atoms with Crippen molar-refractivity contribution in [3.8, 4) is 0 Å². The number of aliphatic hydroxyl groups is 1. The van der Waals surface area contributed by atoms with E-state index < -0.39 is 14.3 Å². The highest BCUT2D eigenvalue weighted by molar-refractivity contribution is 6.74. The van der Waals surface area contributed by atoms with Crippen LogP contribution in [0.3, 0.4) is 0 Å². The highest BCUT2D eigenvalue weighted by atomic mass is 28.4. The zero-order chi connectivity index (χ0) is 17.7. The Hall–Kier alpha value is -0.653. The number of hydrogen-bond acceptors (Lipinski definition) is 3. The van der Waals surface area contributed by atoms with Crippen LogP contribution < -0.4 is 0 Å². The van der Waals surface area contributed by atoms with Crippen LogP contribution in [-0.4, -0.2) is 37.2 Å². The van der Waals surface area contributed by atoms with Gasteiger partial charge in [0, 0.05) is 13.0 Å². The molecule has 2 N–H and O–H groups in total. The maximum absolute atomic E-state index is 10.4. The second kappa shape index (κ2) is 8.45. The van der Waals surface area contributed by atoms with Crippen LogP contribution in [0.1, 0.15) is 52.9 Å². The summed E-state index contributed by atoms with van der Waals surface area (Å²) in [6.07, 6.45) is 7.03. The summed E-state index contributed by atoms with van der Waals surface area (Å²) in [5.74, 6) is 0.115. The Morgan fingerprint density at radius 3 is 2.57 bits per heavy atom. The quantitative estimate of drug-likeness (QED) is 0.354. The summed E-state index contributed by atoms with van der Waals surface area (Å²) in [6.45, 7) is 12.0. The molecule has 0 aromatic carbocycles. The smallest absolute Gasteiger partial charge is 0.303 e. The van der Waals surface area contributed by atoms with Crippen molar-refractivity contribution < 1.29 is 19.4 Å². The first-order chi connectivity index (χ1) is 10.5. The Morgan fingerprint density at radius 1 is 1.35 bits per heavy atom. The minimum Gasteiger partial charge on any atom is -0.481 e. The molecule has 0 radical (unpaired) electrons. The lowest BCUT2D eigenvalue weighted by atomic mass is 10.1. The molecule has 0 amide bonds.